The lowest BCUT2D eigenvalue weighted by Crippen LogP contribution is -2.34. The van der Waals surface area contributed by atoms with Crippen LogP contribution in [0.1, 0.15) is 11.1 Å². The van der Waals surface area contributed by atoms with Gasteiger partial charge in [-0.3, -0.25) is 4.79 Å². The molecule has 2 N–H and O–H groups in total. The number of hydrazone groups is 1. The molecule has 10 heteroatoms. The predicted octanol–water partition coefficient (Wildman–Crippen LogP) is 5.26. The number of sulfonamides is 1. The predicted molar refractivity (Wildman–Crippen MR) is 145 cm³/mol. The van der Waals surface area contributed by atoms with Crippen LogP contribution in [0.3, 0.4) is 0 Å². The van der Waals surface area contributed by atoms with Crippen molar-refractivity contribution in [1.82, 2.24) is 10.1 Å². The van der Waals surface area contributed by atoms with E-state index < -0.39 is 22.5 Å². The second-order valence-corrected chi connectivity index (χ2v) is 10.8. The van der Waals surface area contributed by atoms with Gasteiger partial charge in [0.15, 0.2) is 0 Å². The molecule has 1 amide bonds. The minimum absolute atomic E-state index is 0.00573. The number of rotatable bonds is 9. The summed E-state index contributed by atoms with van der Waals surface area (Å²) >= 11 is 9.25. The van der Waals surface area contributed by atoms with Crippen molar-refractivity contribution in [1.29, 1.82) is 0 Å². The van der Waals surface area contributed by atoms with Gasteiger partial charge in [-0.25, -0.2) is 18.6 Å². The highest BCUT2D eigenvalue weighted by atomic mass is 79.9. The van der Waals surface area contributed by atoms with E-state index in [4.69, 9.17) is 16.3 Å². The van der Waals surface area contributed by atoms with Gasteiger partial charge in [-0.05, 0) is 58.8 Å². The van der Waals surface area contributed by atoms with Crippen molar-refractivity contribution in [2.45, 2.75) is 11.5 Å². The number of hydrogen-bond acceptors (Lipinski definition) is 5. The fourth-order valence-electron chi connectivity index (χ4n) is 3.39. The van der Waals surface area contributed by atoms with Gasteiger partial charge < -0.3 is 4.74 Å². The molecule has 184 valence electrons. The largest absolute Gasteiger partial charge is 0.488 e. The maximum Gasteiger partial charge on any atom is 0.255 e. The number of halogens is 2. The van der Waals surface area contributed by atoms with E-state index in [1.165, 1.54) is 30.5 Å². The van der Waals surface area contributed by atoms with Gasteiger partial charge in [0.1, 0.15) is 12.4 Å². The first-order valence-electron chi connectivity index (χ1n) is 10.8. The molecule has 36 heavy (non-hydrogen) atoms. The normalized spacial score (nSPS) is 11.6. The maximum atomic E-state index is 12.4. The Labute approximate surface area is 222 Å². The molecule has 7 nitrogen and oxygen atoms in total. The Hall–Kier alpha value is -3.24. The molecule has 4 aromatic carbocycles. The standard InChI is InChI=1S/C26H21BrClN3O4S/c27-20-6-3-4-18(14-20)17-35-25-13-8-19-5-1-2-7-23(19)24(25)15-29-31-26(32)16-30-36(33,34)22-11-9-21(28)10-12-22/h1-15,30H,16-17H2,(H,31,32)/b29-15-. The lowest BCUT2D eigenvalue weighted by Gasteiger charge is -2.12. The van der Waals surface area contributed by atoms with E-state index in [2.05, 4.69) is 31.2 Å². The first-order valence-corrected chi connectivity index (χ1v) is 13.4. The lowest BCUT2D eigenvalue weighted by atomic mass is 10.0. The summed E-state index contributed by atoms with van der Waals surface area (Å²) in [6.07, 6.45) is 1.49. The molecule has 0 spiro atoms. The SMILES string of the molecule is O=C(CNS(=O)(=O)c1ccc(Cl)cc1)N/N=C\c1c(OCc2cccc(Br)c2)ccc2ccccc12. The van der Waals surface area contributed by atoms with Gasteiger partial charge in [-0.1, -0.05) is 70.0 Å². The highest BCUT2D eigenvalue weighted by molar-refractivity contribution is 9.10. The van der Waals surface area contributed by atoms with Crippen molar-refractivity contribution in [3.8, 4) is 5.75 Å². The summed E-state index contributed by atoms with van der Waals surface area (Å²) < 4.78 is 34.0. The molecule has 0 atom stereocenters. The summed E-state index contributed by atoms with van der Waals surface area (Å²) in [5.74, 6) is -0.0317. The van der Waals surface area contributed by atoms with Crippen LogP contribution in [-0.4, -0.2) is 27.1 Å². The fraction of sp³-hybridized carbons (Fsp3) is 0.0769. The summed E-state index contributed by atoms with van der Waals surface area (Å²) in [6.45, 7) is -0.137. The molecule has 0 fully saturated rings. The molecule has 0 saturated heterocycles. The Morgan fingerprint density at radius 2 is 1.78 bits per heavy atom. The average molecular weight is 587 g/mol. The summed E-state index contributed by atoms with van der Waals surface area (Å²) in [5, 5.41) is 6.33. The lowest BCUT2D eigenvalue weighted by molar-refractivity contribution is -0.119. The number of amides is 1. The van der Waals surface area contributed by atoms with Gasteiger partial charge in [0.2, 0.25) is 10.0 Å². The Balaban J connectivity index is 1.45. The molecule has 0 saturated carbocycles. The first-order chi connectivity index (χ1) is 17.3. The van der Waals surface area contributed by atoms with E-state index in [1.54, 1.807) is 0 Å². The summed E-state index contributed by atoms with van der Waals surface area (Å²) in [4.78, 5) is 12.3. The molecule has 0 heterocycles. The molecular formula is C26H21BrClN3O4S. The zero-order valence-corrected chi connectivity index (χ0v) is 22.0. The van der Waals surface area contributed by atoms with Gasteiger partial charge in [0, 0.05) is 15.1 Å². The Morgan fingerprint density at radius 1 is 1.00 bits per heavy atom. The number of fused-ring (bicyclic) bond motifs is 1. The molecule has 0 bridgehead atoms. The minimum atomic E-state index is -3.87. The third-order valence-electron chi connectivity index (χ3n) is 5.14. The van der Waals surface area contributed by atoms with Gasteiger partial charge in [0.25, 0.3) is 5.91 Å². The molecule has 4 aromatic rings. The van der Waals surface area contributed by atoms with E-state index in [0.717, 1.165) is 20.8 Å². The zero-order valence-electron chi connectivity index (χ0n) is 18.8. The zero-order chi connectivity index (χ0) is 25.5. The van der Waals surface area contributed by atoms with E-state index in [9.17, 15) is 13.2 Å². The summed E-state index contributed by atoms with van der Waals surface area (Å²) in [7, 11) is -3.87. The molecule has 0 aliphatic heterocycles. The molecule has 0 unspecified atom stereocenters. The number of carbonyl (C=O) groups is 1. The maximum absolute atomic E-state index is 12.4. The molecule has 0 aliphatic carbocycles. The molecule has 0 aromatic heterocycles. The van der Waals surface area contributed by atoms with Gasteiger partial charge >= 0.3 is 0 Å². The van der Waals surface area contributed by atoms with Crippen LogP contribution in [0.5, 0.6) is 5.75 Å². The molecule has 0 radical (unpaired) electrons. The minimum Gasteiger partial charge on any atom is -0.488 e. The van der Waals surface area contributed by atoms with E-state index in [1.807, 2.05) is 60.7 Å². The quantitative estimate of drug-likeness (QED) is 0.206. The van der Waals surface area contributed by atoms with Gasteiger partial charge in [0.05, 0.1) is 17.7 Å². The summed E-state index contributed by atoms with van der Waals surface area (Å²) in [5.41, 5.74) is 4.03. The average Bonchev–Trinajstić information content (AvgIpc) is 2.87. The van der Waals surface area contributed by atoms with E-state index >= 15 is 0 Å². The fourth-order valence-corrected chi connectivity index (χ4v) is 4.94. The monoisotopic (exact) mass is 585 g/mol. The first kappa shape index (κ1) is 25.8. The molecular weight excluding hydrogens is 566 g/mol. The van der Waals surface area contributed by atoms with Crippen molar-refractivity contribution >= 4 is 60.4 Å². The second-order valence-electron chi connectivity index (χ2n) is 7.69. The third-order valence-corrected chi connectivity index (χ3v) is 7.31. The van der Waals surface area contributed by atoms with Crippen molar-refractivity contribution in [3.05, 3.63) is 106 Å². The van der Waals surface area contributed by atoms with Crippen molar-refractivity contribution in [3.63, 3.8) is 0 Å². The van der Waals surface area contributed by atoms with Crippen LogP contribution in [0.4, 0.5) is 0 Å². The smallest absolute Gasteiger partial charge is 0.255 e. The number of hydrogen-bond donors (Lipinski definition) is 2. The Morgan fingerprint density at radius 3 is 2.56 bits per heavy atom. The Bertz CT molecular complexity index is 1530. The van der Waals surface area contributed by atoms with Crippen molar-refractivity contribution in [2.24, 2.45) is 5.10 Å². The van der Waals surface area contributed by atoms with Crippen molar-refractivity contribution in [2.75, 3.05) is 6.54 Å². The number of carbonyl (C=O) groups excluding carboxylic acids is 1. The van der Waals surface area contributed by atoms with Crippen LogP contribution >= 0.6 is 27.5 Å². The highest BCUT2D eigenvalue weighted by Crippen LogP contribution is 2.27. The van der Waals surface area contributed by atoms with Crippen molar-refractivity contribution < 1.29 is 17.9 Å². The van der Waals surface area contributed by atoms with Crippen LogP contribution in [0.25, 0.3) is 10.8 Å². The van der Waals surface area contributed by atoms with Crippen LogP contribution in [0, 0.1) is 0 Å². The van der Waals surface area contributed by atoms with Crippen LogP contribution in [0.2, 0.25) is 5.02 Å². The number of ether oxygens (including phenoxy) is 1. The molecule has 4 rings (SSSR count). The highest BCUT2D eigenvalue weighted by Gasteiger charge is 2.15. The van der Waals surface area contributed by atoms with Crippen LogP contribution < -0.4 is 14.9 Å². The summed E-state index contributed by atoms with van der Waals surface area (Å²) in [6, 6.07) is 25.0. The van der Waals surface area contributed by atoms with Gasteiger partial charge in [-0.2, -0.15) is 5.10 Å². The Kier molecular flexibility index (Phi) is 8.37. The number of nitrogens with zero attached hydrogens (tertiary/aromatic N) is 1. The van der Waals surface area contributed by atoms with E-state index in [-0.39, 0.29) is 4.90 Å². The van der Waals surface area contributed by atoms with Gasteiger partial charge in [-0.15, -0.1) is 0 Å². The second kappa shape index (κ2) is 11.7. The molecule has 0 aliphatic rings. The van der Waals surface area contributed by atoms with Crippen LogP contribution in [0.15, 0.2) is 99.4 Å². The van der Waals surface area contributed by atoms with Crippen LogP contribution in [-0.2, 0) is 21.4 Å². The van der Waals surface area contributed by atoms with E-state index in [0.29, 0.717) is 22.9 Å². The number of benzene rings is 4. The number of nitrogens with one attached hydrogen (secondary N) is 2. The topological polar surface area (TPSA) is 96.9 Å². The third kappa shape index (κ3) is 6.70.